The Morgan fingerprint density at radius 3 is 2.58 bits per heavy atom. The molecule has 1 saturated heterocycles. The molecular weight excluding hydrogens is 373 g/mol. The van der Waals surface area contributed by atoms with E-state index in [1.807, 2.05) is 19.9 Å². The molecule has 0 unspecified atom stereocenters. The predicted octanol–water partition coefficient (Wildman–Crippen LogP) is 3.49. The molecule has 1 aromatic heterocycles. The Hall–Kier alpha value is -2.05. The van der Waals surface area contributed by atoms with Crippen molar-refractivity contribution in [2.45, 2.75) is 13.8 Å². The Kier molecular flexibility index (Phi) is 5.84. The van der Waals surface area contributed by atoms with Crippen molar-refractivity contribution in [1.82, 2.24) is 14.9 Å². The number of halogens is 2. The molecule has 26 heavy (non-hydrogen) atoms. The van der Waals surface area contributed by atoms with Crippen molar-refractivity contribution in [1.29, 1.82) is 0 Å². The second-order valence-corrected chi connectivity index (χ2v) is 6.97. The Morgan fingerprint density at radius 1 is 1.15 bits per heavy atom. The number of amides is 1. The lowest BCUT2D eigenvalue weighted by atomic mass is 10.2. The van der Waals surface area contributed by atoms with E-state index in [0.717, 1.165) is 18.1 Å². The first-order valence-electron chi connectivity index (χ1n) is 8.56. The Morgan fingerprint density at radius 2 is 1.88 bits per heavy atom. The minimum absolute atomic E-state index is 0.101. The van der Waals surface area contributed by atoms with Crippen molar-refractivity contribution in [3.63, 3.8) is 0 Å². The van der Waals surface area contributed by atoms with Gasteiger partial charge in [-0.2, -0.15) is 4.98 Å². The number of benzene rings is 1. The van der Waals surface area contributed by atoms with Crippen LogP contribution < -0.4 is 10.2 Å². The molecule has 1 fully saturated rings. The summed E-state index contributed by atoms with van der Waals surface area (Å²) in [5.74, 6) is 1.41. The average Bonchev–Trinajstić information content (AvgIpc) is 2.63. The zero-order valence-electron chi connectivity index (χ0n) is 14.8. The lowest BCUT2D eigenvalue weighted by molar-refractivity contribution is 0.0746. The maximum Gasteiger partial charge on any atom is 0.255 e. The summed E-state index contributed by atoms with van der Waals surface area (Å²) in [5.41, 5.74) is 1.35. The fraction of sp³-hybridized carbons (Fsp3) is 0.389. The molecule has 1 aliphatic rings. The Balaban J connectivity index is 1.69. The zero-order chi connectivity index (χ0) is 18.7. The van der Waals surface area contributed by atoms with Crippen molar-refractivity contribution >= 4 is 40.9 Å². The van der Waals surface area contributed by atoms with Gasteiger partial charge in [0.2, 0.25) is 5.95 Å². The van der Waals surface area contributed by atoms with Crippen molar-refractivity contribution in [3.8, 4) is 0 Å². The third-order valence-corrected chi connectivity index (χ3v) is 4.77. The number of carbonyl (C=O) groups is 1. The molecule has 0 saturated carbocycles. The molecule has 1 aliphatic heterocycles. The molecule has 0 radical (unpaired) electrons. The first-order chi connectivity index (χ1) is 12.5. The highest BCUT2D eigenvalue weighted by Crippen LogP contribution is 2.23. The van der Waals surface area contributed by atoms with E-state index >= 15 is 0 Å². The molecular formula is C18H21Cl2N5O. The van der Waals surface area contributed by atoms with Crippen LogP contribution >= 0.6 is 23.2 Å². The molecule has 0 spiro atoms. The van der Waals surface area contributed by atoms with E-state index in [9.17, 15) is 4.79 Å². The molecule has 1 amide bonds. The maximum absolute atomic E-state index is 12.7. The van der Waals surface area contributed by atoms with Gasteiger partial charge in [0.05, 0.1) is 10.6 Å². The van der Waals surface area contributed by atoms with Crippen molar-refractivity contribution < 1.29 is 4.79 Å². The highest BCUT2D eigenvalue weighted by Gasteiger charge is 2.25. The molecule has 8 heteroatoms. The fourth-order valence-electron chi connectivity index (χ4n) is 2.91. The molecule has 6 nitrogen and oxygen atoms in total. The van der Waals surface area contributed by atoms with Crippen molar-refractivity contribution in [3.05, 3.63) is 45.6 Å². The molecule has 2 heterocycles. The van der Waals surface area contributed by atoms with Crippen LogP contribution in [0.2, 0.25) is 10.0 Å². The number of hydrogen-bond donors (Lipinski definition) is 1. The predicted molar refractivity (Wildman–Crippen MR) is 106 cm³/mol. The van der Waals surface area contributed by atoms with Crippen LogP contribution in [0.4, 0.5) is 11.8 Å². The number of aromatic nitrogens is 2. The minimum Gasteiger partial charge on any atom is -0.370 e. The van der Waals surface area contributed by atoms with Gasteiger partial charge in [0.15, 0.2) is 0 Å². The number of rotatable bonds is 4. The van der Waals surface area contributed by atoms with Crippen LogP contribution in [-0.2, 0) is 0 Å². The van der Waals surface area contributed by atoms with Crippen LogP contribution in [0.1, 0.15) is 23.0 Å². The van der Waals surface area contributed by atoms with Gasteiger partial charge in [-0.3, -0.25) is 4.79 Å². The zero-order valence-corrected chi connectivity index (χ0v) is 16.3. The number of nitrogens with zero attached hydrogens (tertiary/aromatic N) is 4. The molecule has 0 bridgehead atoms. The smallest absolute Gasteiger partial charge is 0.255 e. The molecule has 1 aromatic carbocycles. The number of nitrogens with one attached hydrogen (secondary N) is 1. The van der Waals surface area contributed by atoms with Crippen LogP contribution in [0.15, 0.2) is 24.3 Å². The van der Waals surface area contributed by atoms with Gasteiger partial charge in [0.1, 0.15) is 5.82 Å². The van der Waals surface area contributed by atoms with Gasteiger partial charge in [0, 0.05) is 49.5 Å². The largest absolute Gasteiger partial charge is 0.370 e. The number of aryl methyl sites for hydroxylation is 1. The van der Waals surface area contributed by atoms with Crippen LogP contribution in [0.3, 0.4) is 0 Å². The van der Waals surface area contributed by atoms with Gasteiger partial charge in [-0.25, -0.2) is 4.98 Å². The topological polar surface area (TPSA) is 61.4 Å². The van der Waals surface area contributed by atoms with E-state index in [-0.39, 0.29) is 5.91 Å². The first-order valence-corrected chi connectivity index (χ1v) is 9.32. The number of hydrogen-bond acceptors (Lipinski definition) is 5. The summed E-state index contributed by atoms with van der Waals surface area (Å²) in [5, 5.41) is 4.13. The average molecular weight is 394 g/mol. The van der Waals surface area contributed by atoms with Gasteiger partial charge < -0.3 is 15.1 Å². The molecule has 138 valence electrons. The second-order valence-electron chi connectivity index (χ2n) is 6.13. The summed E-state index contributed by atoms with van der Waals surface area (Å²) in [7, 11) is 0. The summed E-state index contributed by atoms with van der Waals surface area (Å²) < 4.78 is 0. The lowest BCUT2D eigenvalue weighted by Gasteiger charge is -2.35. The monoisotopic (exact) mass is 393 g/mol. The van der Waals surface area contributed by atoms with Crippen molar-refractivity contribution in [2.24, 2.45) is 0 Å². The standard InChI is InChI=1S/C18H21Cl2N5O/c1-3-21-16-10-12(2)22-18(23-16)25-8-6-24(7-9-25)17(26)14-11-13(19)4-5-15(14)20/h4-5,10-11H,3,6-9H2,1-2H3,(H,21,22,23). The molecule has 0 aliphatic carbocycles. The fourth-order valence-corrected chi connectivity index (χ4v) is 3.28. The Bertz CT molecular complexity index is 806. The number of carbonyl (C=O) groups excluding carboxylic acids is 1. The van der Waals surface area contributed by atoms with E-state index in [0.29, 0.717) is 47.7 Å². The van der Waals surface area contributed by atoms with E-state index < -0.39 is 0 Å². The maximum atomic E-state index is 12.7. The number of piperazine rings is 1. The van der Waals surface area contributed by atoms with Gasteiger partial charge in [-0.05, 0) is 32.0 Å². The highest BCUT2D eigenvalue weighted by molar-refractivity contribution is 6.35. The number of anilines is 2. The van der Waals surface area contributed by atoms with E-state index in [1.165, 1.54) is 0 Å². The van der Waals surface area contributed by atoms with Crippen molar-refractivity contribution in [2.75, 3.05) is 42.9 Å². The molecule has 0 atom stereocenters. The third kappa shape index (κ3) is 4.19. The second kappa shape index (κ2) is 8.10. The SMILES string of the molecule is CCNc1cc(C)nc(N2CCN(C(=O)c3cc(Cl)ccc3Cl)CC2)n1. The molecule has 1 N–H and O–H groups in total. The Labute approximate surface area is 163 Å². The normalized spacial score (nSPS) is 14.5. The van der Waals surface area contributed by atoms with Crippen LogP contribution in [-0.4, -0.2) is 53.5 Å². The summed E-state index contributed by atoms with van der Waals surface area (Å²) in [6, 6.07) is 6.87. The van der Waals surface area contributed by atoms with Gasteiger partial charge in [0.25, 0.3) is 5.91 Å². The molecule has 2 aromatic rings. The third-order valence-electron chi connectivity index (χ3n) is 4.21. The first kappa shape index (κ1) is 18.7. The minimum atomic E-state index is -0.101. The van der Waals surface area contributed by atoms with Crippen LogP contribution in [0, 0.1) is 6.92 Å². The van der Waals surface area contributed by atoms with Gasteiger partial charge in [-0.15, -0.1) is 0 Å². The summed E-state index contributed by atoms with van der Waals surface area (Å²) in [6.45, 7) is 7.27. The highest BCUT2D eigenvalue weighted by atomic mass is 35.5. The van der Waals surface area contributed by atoms with Crippen LogP contribution in [0.5, 0.6) is 0 Å². The lowest BCUT2D eigenvalue weighted by Crippen LogP contribution is -2.49. The van der Waals surface area contributed by atoms with Crippen LogP contribution in [0.25, 0.3) is 0 Å². The summed E-state index contributed by atoms with van der Waals surface area (Å²) >= 11 is 12.2. The van der Waals surface area contributed by atoms with Gasteiger partial charge >= 0.3 is 0 Å². The van der Waals surface area contributed by atoms with E-state index in [1.54, 1.807) is 23.1 Å². The van der Waals surface area contributed by atoms with Gasteiger partial charge in [-0.1, -0.05) is 23.2 Å². The van der Waals surface area contributed by atoms with E-state index in [4.69, 9.17) is 23.2 Å². The summed E-state index contributed by atoms with van der Waals surface area (Å²) in [6.07, 6.45) is 0. The summed E-state index contributed by atoms with van der Waals surface area (Å²) in [4.78, 5) is 25.7. The quantitative estimate of drug-likeness (QED) is 0.861. The molecule has 3 rings (SSSR count). The van der Waals surface area contributed by atoms with E-state index in [2.05, 4.69) is 20.2 Å².